The Hall–Kier alpha value is -2.08. The first-order valence-corrected chi connectivity index (χ1v) is 6.40. The van der Waals surface area contributed by atoms with Crippen molar-refractivity contribution in [2.24, 2.45) is 5.92 Å². The number of carbonyl (C=O) groups is 1. The highest BCUT2D eigenvalue weighted by Gasteiger charge is 2.10. The van der Waals surface area contributed by atoms with Crippen molar-refractivity contribution in [2.45, 2.75) is 13.8 Å². The van der Waals surface area contributed by atoms with E-state index in [4.69, 9.17) is 19.0 Å². The van der Waals surface area contributed by atoms with E-state index >= 15 is 0 Å². The minimum atomic E-state index is -1.01. The van der Waals surface area contributed by atoms with Crippen LogP contribution in [0, 0.1) is 5.92 Å². The number of fused-ring (bicyclic) bond motifs is 1. The average molecular weight is 279 g/mol. The fourth-order valence-corrected chi connectivity index (χ4v) is 1.61. The lowest BCUT2D eigenvalue weighted by atomic mass is 10.2. The Morgan fingerprint density at radius 1 is 1.40 bits per heavy atom. The van der Waals surface area contributed by atoms with E-state index in [2.05, 4.69) is 18.8 Å². The molecule has 0 unspecified atom stereocenters. The summed E-state index contributed by atoms with van der Waals surface area (Å²) >= 11 is 0. The van der Waals surface area contributed by atoms with E-state index in [9.17, 15) is 4.79 Å². The third kappa shape index (κ3) is 3.71. The van der Waals surface area contributed by atoms with Gasteiger partial charge in [-0.15, -0.1) is 0 Å². The number of ether oxygens (including phenoxy) is 2. The van der Waals surface area contributed by atoms with Crippen LogP contribution >= 0.6 is 0 Å². The van der Waals surface area contributed by atoms with E-state index in [1.165, 1.54) is 12.1 Å². The molecular weight excluding hydrogens is 262 g/mol. The maximum atomic E-state index is 10.8. The summed E-state index contributed by atoms with van der Waals surface area (Å²) in [6.07, 6.45) is 0.121. The molecule has 0 fully saturated rings. The molecule has 0 spiro atoms. The molecule has 108 valence electrons. The molecule has 1 heterocycles. The number of carboxylic acid groups (broad SMARTS) is 1. The molecule has 1 aromatic carbocycles. The molecule has 0 atom stereocenters. The van der Waals surface area contributed by atoms with Gasteiger partial charge in [0.2, 0.25) is 0 Å². The highest BCUT2D eigenvalue weighted by Crippen LogP contribution is 2.21. The molecule has 6 heteroatoms. The Bertz CT molecular complexity index is 590. The monoisotopic (exact) mass is 279 g/mol. The van der Waals surface area contributed by atoms with Crippen molar-refractivity contribution in [3.63, 3.8) is 0 Å². The topological polar surface area (TPSA) is 81.8 Å². The first kappa shape index (κ1) is 14.3. The molecule has 6 nitrogen and oxygen atoms in total. The Morgan fingerprint density at radius 3 is 2.90 bits per heavy atom. The summed E-state index contributed by atoms with van der Waals surface area (Å²) < 4.78 is 16.0. The van der Waals surface area contributed by atoms with Crippen LogP contribution in [0.25, 0.3) is 11.1 Å². The van der Waals surface area contributed by atoms with E-state index in [0.717, 1.165) is 0 Å². The Labute approximate surface area is 116 Å². The molecule has 0 radical (unpaired) electrons. The normalized spacial score (nSPS) is 11.2. The zero-order valence-electron chi connectivity index (χ0n) is 11.5. The van der Waals surface area contributed by atoms with Gasteiger partial charge in [-0.1, -0.05) is 13.8 Å². The van der Waals surface area contributed by atoms with Crippen molar-refractivity contribution in [1.82, 2.24) is 4.98 Å². The van der Waals surface area contributed by atoms with Crippen LogP contribution in [0.4, 0.5) is 0 Å². The van der Waals surface area contributed by atoms with Crippen molar-refractivity contribution in [1.29, 1.82) is 0 Å². The van der Waals surface area contributed by atoms with Crippen LogP contribution in [0.2, 0.25) is 0 Å². The van der Waals surface area contributed by atoms with Gasteiger partial charge in [-0.2, -0.15) is 4.98 Å². The maximum Gasteiger partial charge on any atom is 0.394 e. The molecule has 2 aromatic rings. The minimum absolute atomic E-state index is 0.121. The van der Waals surface area contributed by atoms with E-state index in [1.54, 1.807) is 6.07 Å². The van der Waals surface area contributed by atoms with Crippen molar-refractivity contribution in [3.8, 4) is 6.08 Å². The first-order chi connectivity index (χ1) is 9.56. The fourth-order valence-electron chi connectivity index (χ4n) is 1.61. The van der Waals surface area contributed by atoms with Gasteiger partial charge in [-0.3, -0.25) is 0 Å². The third-order valence-electron chi connectivity index (χ3n) is 2.52. The first-order valence-electron chi connectivity index (χ1n) is 6.40. The molecule has 0 aliphatic heterocycles. The molecule has 1 N–H and O–H groups in total. The lowest BCUT2D eigenvalue weighted by Gasteiger charge is -2.05. The summed E-state index contributed by atoms with van der Waals surface area (Å²) in [5, 5.41) is 8.89. The average Bonchev–Trinajstić information content (AvgIpc) is 2.79. The number of aromatic nitrogens is 1. The van der Waals surface area contributed by atoms with Gasteiger partial charge in [-0.25, -0.2) is 4.79 Å². The minimum Gasteiger partial charge on any atom is -0.478 e. The number of nitrogens with zero attached hydrogens (tertiary/aromatic N) is 1. The van der Waals surface area contributed by atoms with Crippen LogP contribution in [0.5, 0.6) is 6.08 Å². The predicted octanol–water partition coefficient (Wildman–Crippen LogP) is 2.58. The zero-order chi connectivity index (χ0) is 14.5. The molecule has 1 aromatic heterocycles. The molecular formula is C14H17NO5. The van der Waals surface area contributed by atoms with Crippen molar-refractivity contribution in [2.75, 3.05) is 19.8 Å². The van der Waals surface area contributed by atoms with Gasteiger partial charge in [0.05, 0.1) is 12.2 Å². The Kier molecular flexibility index (Phi) is 4.57. The molecule has 2 rings (SSSR count). The fraction of sp³-hybridized carbons (Fsp3) is 0.429. The second-order valence-corrected chi connectivity index (χ2v) is 4.78. The van der Waals surface area contributed by atoms with Gasteiger partial charge in [0.15, 0.2) is 5.58 Å². The Balaban J connectivity index is 1.93. The van der Waals surface area contributed by atoms with Gasteiger partial charge in [0, 0.05) is 6.61 Å². The van der Waals surface area contributed by atoms with Crippen LogP contribution in [0.1, 0.15) is 24.2 Å². The largest absolute Gasteiger partial charge is 0.478 e. The Morgan fingerprint density at radius 2 is 2.20 bits per heavy atom. The number of oxazole rings is 1. The van der Waals surface area contributed by atoms with Crippen LogP contribution < -0.4 is 4.74 Å². The van der Waals surface area contributed by atoms with Gasteiger partial charge >= 0.3 is 12.0 Å². The van der Waals surface area contributed by atoms with Gasteiger partial charge in [0.25, 0.3) is 0 Å². The van der Waals surface area contributed by atoms with Gasteiger partial charge < -0.3 is 19.0 Å². The lowest BCUT2D eigenvalue weighted by molar-refractivity contribution is 0.0696. The molecule has 0 aliphatic carbocycles. The lowest BCUT2D eigenvalue weighted by Crippen LogP contribution is -2.10. The number of hydrogen-bond acceptors (Lipinski definition) is 5. The number of hydrogen-bond donors (Lipinski definition) is 1. The summed E-state index contributed by atoms with van der Waals surface area (Å²) in [5.74, 6) is -0.526. The van der Waals surface area contributed by atoms with Gasteiger partial charge in [-0.05, 0) is 24.1 Å². The quantitative estimate of drug-likeness (QED) is 0.784. The van der Waals surface area contributed by atoms with Crippen LogP contribution in [-0.2, 0) is 4.74 Å². The second kappa shape index (κ2) is 6.38. The SMILES string of the molecule is CC(C)COCCOc1nc2ccc(C(=O)O)cc2o1. The van der Waals surface area contributed by atoms with Crippen molar-refractivity contribution >= 4 is 17.1 Å². The smallest absolute Gasteiger partial charge is 0.394 e. The van der Waals surface area contributed by atoms with Crippen LogP contribution in [0.15, 0.2) is 22.6 Å². The molecule has 20 heavy (non-hydrogen) atoms. The highest BCUT2D eigenvalue weighted by atomic mass is 16.6. The summed E-state index contributed by atoms with van der Waals surface area (Å²) in [6.45, 7) is 5.62. The highest BCUT2D eigenvalue weighted by molar-refractivity contribution is 5.91. The van der Waals surface area contributed by atoms with E-state index < -0.39 is 5.97 Å². The summed E-state index contributed by atoms with van der Waals surface area (Å²) in [5.41, 5.74) is 1.11. The number of carboxylic acids is 1. The third-order valence-corrected chi connectivity index (χ3v) is 2.52. The summed E-state index contributed by atoms with van der Waals surface area (Å²) in [4.78, 5) is 14.9. The van der Waals surface area contributed by atoms with Gasteiger partial charge in [0.1, 0.15) is 12.1 Å². The molecule has 0 aliphatic rings. The summed E-state index contributed by atoms with van der Waals surface area (Å²) in [6, 6.07) is 4.49. The molecule has 0 bridgehead atoms. The van der Waals surface area contributed by atoms with Crippen molar-refractivity contribution in [3.05, 3.63) is 23.8 Å². The van der Waals surface area contributed by atoms with E-state index in [-0.39, 0.29) is 11.6 Å². The van der Waals surface area contributed by atoms with Crippen LogP contribution in [-0.4, -0.2) is 35.9 Å². The van der Waals surface area contributed by atoms with E-state index in [0.29, 0.717) is 36.8 Å². The predicted molar refractivity (Wildman–Crippen MR) is 72.1 cm³/mol. The number of aromatic carboxylic acids is 1. The second-order valence-electron chi connectivity index (χ2n) is 4.78. The molecule has 0 saturated carbocycles. The molecule has 0 amide bonds. The van der Waals surface area contributed by atoms with Crippen molar-refractivity contribution < 1.29 is 23.8 Å². The zero-order valence-corrected chi connectivity index (χ0v) is 11.5. The number of rotatable bonds is 7. The number of benzene rings is 1. The standard InChI is InChI=1S/C14H17NO5/c1-9(2)8-18-5-6-19-14-15-11-4-3-10(13(16)17)7-12(11)20-14/h3-4,7,9H,5-6,8H2,1-2H3,(H,16,17). The van der Waals surface area contributed by atoms with Crippen LogP contribution in [0.3, 0.4) is 0 Å². The molecule has 0 saturated heterocycles. The summed E-state index contributed by atoms with van der Waals surface area (Å²) in [7, 11) is 0. The van der Waals surface area contributed by atoms with E-state index in [1.807, 2.05) is 0 Å². The maximum absolute atomic E-state index is 10.8.